The van der Waals surface area contributed by atoms with Crippen molar-refractivity contribution in [3.05, 3.63) is 65.0 Å². The molecule has 2 aromatic rings. The quantitative estimate of drug-likeness (QED) is 0.694. The van der Waals surface area contributed by atoms with Crippen molar-refractivity contribution < 1.29 is 18.8 Å². The molecule has 0 aliphatic carbocycles. The second-order valence-corrected chi connectivity index (χ2v) is 7.86. The monoisotopic (exact) mass is 425 g/mol. The van der Waals surface area contributed by atoms with Crippen LogP contribution in [-0.2, 0) is 20.9 Å². The molecule has 0 spiro atoms. The van der Waals surface area contributed by atoms with Gasteiger partial charge in [-0.3, -0.25) is 14.4 Å². The maximum absolute atomic E-state index is 13.0. The summed E-state index contributed by atoms with van der Waals surface area (Å²) in [6.45, 7) is 6.72. The third-order valence-corrected chi connectivity index (χ3v) is 5.74. The molecule has 164 valence electrons. The van der Waals surface area contributed by atoms with Gasteiger partial charge in [-0.2, -0.15) is 0 Å². The molecule has 1 aliphatic rings. The van der Waals surface area contributed by atoms with Crippen molar-refractivity contribution in [1.82, 2.24) is 10.2 Å². The van der Waals surface area contributed by atoms with Crippen LogP contribution in [0.25, 0.3) is 0 Å². The summed E-state index contributed by atoms with van der Waals surface area (Å²) < 4.78 is 13.0. The minimum Gasteiger partial charge on any atom is -0.350 e. The number of benzene rings is 2. The van der Waals surface area contributed by atoms with Crippen LogP contribution in [0.1, 0.15) is 30.0 Å². The fourth-order valence-electron chi connectivity index (χ4n) is 3.66. The van der Waals surface area contributed by atoms with Gasteiger partial charge in [0, 0.05) is 25.3 Å². The van der Waals surface area contributed by atoms with Gasteiger partial charge in [0.25, 0.3) is 0 Å². The molecule has 1 atom stereocenters. The first-order valence-electron chi connectivity index (χ1n) is 10.5. The molecule has 3 amide bonds. The van der Waals surface area contributed by atoms with Crippen molar-refractivity contribution in [1.29, 1.82) is 0 Å². The zero-order valence-electron chi connectivity index (χ0n) is 18.2. The van der Waals surface area contributed by atoms with E-state index in [0.29, 0.717) is 19.5 Å². The first kappa shape index (κ1) is 22.5. The highest BCUT2D eigenvalue weighted by atomic mass is 19.1. The molecule has 7 heteroatoms. The summed E-state index contributed by atoms with van der Waals surface area (Å²) in [6.07, 6.45) is 0.429. The van der Waals surface area contributed by atoms with E-state index in [2.05, 4.69) is 5.32 Å². The van der Waals surface area contributed by atoms with E-state index < -0.39 is 5.92 Å². The van der Waals surface area contributed by atoms with Crippen molar-refractivity contribution in [3.63, 3.8) is 0 Å². The zero-order chi connectivity index (χ0) is 22.5. The number of anilines is 1. The summed E-state index contributed by atoms with van der Waals surface area (Å²) in [4.78, 5) is 41.3. The van der Waals surface area contributed by atoms with Crippen molar-refractivity contribution in [2.75, 3.05) is 24.5 Å². The molecule has 1 saturated heterocycles. The number of aryl methyl sites for hydroxylation is 2. The van der Waals surface area contributed by atoms with E-state index in [1.807, 2.05) is 32.0 Å². The summed E-state index contributed by atoms with van der Waals surface area (Å²) in [7, 11) is 0. The third kappa shape index (κ3) is 5.29. The molecule has 1 fully saturated rings. The fourth-order valence-corrected chi connectivity index (χ4v) is 3.66. The van der Waals surface area contributed by atoms with E-state index in [4.69, 9.17) is 0 Å². The summed E-state index contributed by atoms with van der Waals surface area (Å²) >= 11 is 0. The number of rotatable bonds is 7. The highest BCUT2D eigenvalue weighted by molar-refractivity contribution is 6.10. The van der Waals surface area contributed by atoms with Crippen molar-refractivity contribution in [3.8, 4) is 0 Å². The number of nitrogens with one attached hydrogen (secondary N) is 1. The van der Waals surface area contributed by atoms with E-state index in [9.17, 15) is 18.8 Å². The molecule has 0 aromatic heterocycles. The number of halogens is 1. The van der Waals surface area contributed by atoms with Crippen LogP contribution >= 0.6 is 0 Å². The standard InChI is InChI=1S/C24H28FN3O3/c1-4-27(15-22(29)26-14-18-6-8-19(25)9-7-18)23(30)21-11-12-28(24(21)31)20-10-5-16(2)17(3)13-20/h5-10,13,21H,4,11-12,14-15H2,1-3H3,(H,26,29). The first-order chi connectivity index (χ1) is 14.8. The molecule has 2 aromatic carbocycles. The number of likely N-dealkylation sites (N-methyl/N-ethyl adjacent to an activating group) is 1. The van der Waals surface area contributed by atoms with Crippen molar-refractivity contribution in [2.24, 2.45) is 5.92 Å². The molecule has 6 nitrogen and oxygen atoms in total. The first-order valence-corrected chi connectivity index (χ1v) is 10.5. The van der Waals surface area contributed by atoms with Crippen LogP contribution in [0.5, 0.6) is 0 Å². The van der Waals surface area contributed by atoms with E-state index in [-0.39, 0.29) is 36.6 Å². The lowest BCUT2D eigenvalue weighted by atomic mass is 10.1. The summed E-state index contributed by atoms with van der Waals surface area (Å²) in [5.74, 6) is -1.98. The highest BCUT2D eigenvalue weighted by Crippen LogP contribution is 2.28. The lowest BCUT2D eigenvalue weighted by Gasteiger charge is -2.23. The van der Waals surface area contributed by atoms with Crippen LogP contribution in [0.3, 0.4) is 0 Å². The Kier molecular flexibility index (Phi) is 7.05. The maximum Gasteiger partial charge on any atom is 0.239 e. The fraction of sp³-hybridized carbons (Fsp3) is 0.375. The van der Waals surface area contributed by atoms with Crippen LogP contribution in [0.2, 0.25) is 0 Å². The molecule has 31 heavy (non-hydrogen) atoms. The smallest absolute Gasteiger partial charge is 0.239 e. The molecule has 0 saturated carbocycles. The molecular formula is C24H28FN3O3. The van der Waals surface area contributed by atoms with Gasteiger partial charge in [-0.1, -0.05) is 18.2 Å². The minimum atomic E-state index is -0.772. The number of amides is 3. The van der Waals surface area contributed by atoms with Gasteiger partial charge in [0.1, 0.15) is 11.7 Å². The Morgan fingerprint density at radius 2 is 1.84 bits per heavy atom. The van der Waals surface area contributed by atoms with Gasteiger partial charge in [0.05, 0.1) is 6.54 Å². The number of hydrogen-bond donors (Lipinski definition) is 1. The Bertz CT molecular complexity index is 975. The molecule has 3 rings (SSSR count). The second kappa shape index (κ2) is 9.73. The highest BCUT2D eigenvalue weighted by Gasteiger charge is 2.39. The second-order valence-electron chi connectivity index (χ2n) is 7.86. The van der Waals surface area contributed by atoms with Crippen LogP contribution in [0, 0.1) is 25.6 Å². The number of nitrogens with zero attached hydrogens (tertiary/aromatic N) is 2. The SMILES string of the molecule is CCN(CC(=O)NCc1ccc(F)cc1)C(=O)C1CCN(c2ccc(C)c(C)c2)C1=O. The lowest BCUT2D eigenvalue weighted by Crippen LogP contribution is -2.45. The van der Waals surface area contributed by atoms with Gasteiger partial charge >= 0.3 is 0 Å². The van der Waals surface area contributed by atoms with Crippen LogP contribution in [0.4, 0.5) is 10.1 Å². The van der Waals surface area contributed by atoms with E-state index in [1.165, 1.54) is 17.0 Å². The largest absolute Gasteiger partial charge is 0.350 e. The Morgan fingerprint density at radius 1 is 1.13 bits per heavy atom. The normalized spacial score (nSPS) is 15.8. The Labute approximate surface area is 182 Å². The van der Waals surface area contributed by atoms with Gasteiger partial charge in [-0.15, -0.1) is 0 Å². The van der Waals surface area contributed by atoms with Crippen molar-refractivity contribution >= 4 is 23.4 Å². The topological polar surface area (TPSA) is 69.7 Å². The summed E-state index contributed by atoms with van der Waals surface area (Å²) in [5.41, 5.74) is 3.79. The van der Waals surface area contributed by atoms with Crippen LogP contribution in [-0.4, -0.2) is 42.3 Å². The van der Waals surface area contributed by atoms with Crippen molar-refractivity contribution in [2.45, 2.75) is 33.7 Å². The summed E-state index contributed by atoms with van der Waals surface area (Å²) in [5, 5.41) is 2.74. The van der Waals surface area contributed by atoms with Crippen LogP contribution < -0.4 is 10.2 Å². The van der Waals surface area contributed by atoms with Gasteiger partial charge in [-0.05, 0) is 68.1 Å². The molecule has 1 heterocycles. The minimum absolute atomic E-state index is 0.121. The maximum atomic E-state index is 13.0. The number of carbonyl (C=O) groups excluding carboxylic acids is 3. The number of hydrogen-bond acceptors (Lipinski definition) is 3. The predicted molar refractivity (Wildman–Crippen MR) is 117 cm³/mol. The third-order valence-electron chi connectivity index (χ3n) is 5.74. The molecule has 0 radical (unpaired) electrons. The molecule has 1 N–H and O–H groups in total. The Morgan fingerprint density at radius 3 is 2.48 bits per heavy atom. The number of carbonyl (C=O) groups is 3. The average molecular weight is 426 g/mol. The van der Waals surface area contributed by atoms with Gasteiger partial charge in [-0.25, -0.2) is 4.39 Å². The van der Waals surface area contributed by atoms with Gasteiger partial charge in [0.15, 0.2) is 0 Å². The molecular weight excluding hydrogens is 397 g/mol. The average Bonchev–Trinajstić information content (AvgIpc) is 3.14. The van der Waals surface area contributed by atoms with Gasteiger partial charge in [0.2, 0.25) is 17.7 Å². The van der Waals surface area contributed by atoms with Crippen LogP contribution in [0.15, 0.2) is 42.5 Å². The molecule has 1 aliphatic heterocycles. The Balaban J connectivity index is 1.59. The van der Waals surface area contributed by atoms with E-state index >= 15 is 0 Å². The zero-order valence-corrected chi connectivity index (χ0v) is 18.2. The Hall–Kier alpha value is -3.22. The predicted octanol–water partition coefficient (Wildman–Crippen LogP) is 2.96. The van der Waals surface area contributed by atoms with E-state index in [0.717, 1.165) is 22.4 Å². The molecule has 1 unspecified atom stereocenters. The van der Waals surface area contributed by atoms with Gasteiger partial charge < -0.3 is 15.1 Å². The molecule has 0 bridgehead atoms. The summed E-state index contributed by atoms with van der Waals surface area (Å²) in [6, 6.07) is 11.7. The van der Waals surface area contributed by atoms with E-state index in [1.54, 1.807) is 24.0 Å². The lowest BCUT2D eigenvalue weighted by molar-refractivity contribution is -0.142.